The Morgan fingerprint density at radius 1 is 0.967 bits per heavy atom. The van der Waals surface area contributed by atoms with Gasteiger partial charge in [0, 0.05) is 19.4 Å². The molecule has 0 aromatic heterocycles. The fourth-order valence-corrected chi connectivity index (χ4v) is 9.40. The van der Waals surface area contributed by atoms with E-state index in [1.165, 1.54) is 51.4 Å². The van der Waals surface area contributed by atoms with Gasteiger partial charge in [0.25, 0.3) is 0 Å². The summed E-state index contributed by atoms with van der Waals surface area (Å²) < 4.78 is 5.74. The molecule has 0 N–H and O–H groups in total. The topological polar surface area (TPSA) is 26.3 Å². The summed E-state index contributed by atoms with van der Waals surface area (Å²) in [5.41, 5.74) is 0.724. The summed E-state index contributed by atoms with van der Waals surface area (Å²) in [4.78, 5) is 13.0. The van der Waals surface area contributed by atoms with Crippen molar-refractivity contribution in [2.45, 2.75) is 111 Å². The molecule has 0 heterocycles. The van der Waals surface area contributed by atoms with Gasteiger partial charge in [0.2, 0.25) is 0 Å². The molecule has 2 nitrogen and oxygen atoms in total. The van der Waals surface area contributed by atoms with Crippen LogP contribution in [0.3, 0.4) is 0 Å². The molecular weight excluding hydrogens is 368 g/mol. The van der Waals surface area contributed by atoms with Gasteiger partial charge in [-0.2, -0.15) is 0 Å². The third-order valence-corrected chi connectivity index (χ3v) is 10.9. The lowest BCUT2D eigenvalue weighted by molar-refractivity contribution is -0.160. The van der Waals surface area contributed by atoms with E-state index in [-0.39, 0.29) is 11.5 Å². The molecular formula is C28H48O2. The molecule has 0 aromatic rings. The van der Waals surface area contributed by atoms with Crippen molar-refractivity contribution < 1.29 is 9.53 Å². The van der Waals surface area contributed by atoms with E-state index in [0.29, 0.717) is 23.5 Å². The number of hydrogen-bond donors (Lipinski definition) is 0. The van der Waals surface area contributed by atoms with Crippen LogP contribution in [0.2, 0.25) is 0 Å². The second-order valence-electron chi connectivity index (χ2n) is 12.8. The third kappa shape index (κ3) is 3.71. The van der Waals surface area contributed by atoms with Crippen LogP contribution < -0.4 is 0 Å². The number of carbonyl (C=O) groups excluding carboxylic acids is 1. The van der Waals surface area contributed by atoms with E-state index in [1.54, 1.807) is 0 Å². The molecule has 0 aliphatic heterocycles. The number of ketones is 1. The largest absolute Gasteiger partial charge is 0.381 e. The molecule has 4 fully saturated rings. The average molecular weight is 417 g/mol. The summed E-state index contributed by atoms with van der Waals surface area (Å²) in [6.45, 7) is 12.4. The molecule has 4 saturated carbocycles. The lowest BCUT2D eigenvalue weighted by Crippen LogP contribution is -2.57. The normalized spacial score (nSPS) is 47.0. The predicted molar refractivity (Wildman–Crippen MR) is 124 cm³/mol. The van der Waals surface area contributed by atoms with E-state index in [0.717, 1.165) is 48.3 Å². The van der Waals surface area contributed by atoms with Gasteiger partial charge in [-0.1, -0.05) is 53.9 Å². The summed E-state index contributed by atoms with van der Waals surface area (Å²) in [7, 11) is 1.81. The molecule has 0 unspecified atom stereocenters. The van der Waals surface area contributed by atoms with E-state index in [1.807, 2.05) is 7.11 Å². The second-order valence-corrected chi connectivity index (χ2v) is 12.8. The van der Waals surface area contributed by atoms with Crippen LogP contribution in [0.1, 0.15) is 105 Å². The smallest absolute Gasteiger partial charge is 0.139 e. The van der Waals surface area contributed by atoms with E-state index in [9.17, 15) is 4.79 Å². The number of rotatable bonds is 6. The zero-order chi connectivity index (χ0) is 21.7. The summed E-state index contributed by atoms with van der Waals surface area (Å²) in [6, 6.07) is 0. The molecule has 4 aliphatic carbocycles. The predicted octanol–water partition coefficient (Wildman–Crippen LogP) is 7.30. The molecule has 0 amide bonds. The summed E-state index contributed by atoms with van der Waals surface area (Å²) >= 11 is 0. The van der Waals surface area contributed by atoms with E-state index in [2.05, 4.69) is 34.6 Å². The van der Waals surface area contributed by atoms with E-state index >= 15 is 0 Å². The minimum Gasteiger partial charge on any atom is -0.381 e. The van der Waals surface area contributed by atoms with Crippen molar-refractivity contribution in [1.82, 2.24) is 0 Å². The first-order chi connectivity index (χ1) is 14.2. The Morgan fingerprint density at radius 3 is 2.40 bits per heavy atom. The molecule has 0 saturated heterocycles. The monoisotopic (exact) mass is 416 g/mol. The maximum Gasteiger partial charge on any atom is 0.139 e. The Morgan fingerprint density at radius 2 is 1.70 bits per heavy atom. The summed E-state index contributed by atoms with van der Waals surface area (Å²) in [5, 5.41) is 0. The van der Waals surface area contributed by atoms with Gasteiger partial charge in [-0.05, 0) is 91.3 Å². The van der Waals surface area contributed by atoms with Gasteiger partial charge < -0.3 is 4.74 Å². The number of fused-ring (bicyclic) bond motifs is 5. The van der Waals surface area contributed by atoms with Crippen LogP contribution in [0, 0.1) is 52.3 Å². The molecule has 172 valence electrons. The van der Waals surface area contributed by atoms with Gasteiger partial charge in [0.15, 0.2) is 0 Å². The number of Topliss-reactive ketones (excluding diaryl/α,β-unsaturated/α-hetero) is 1. The molecule has 4 aliphatic rings. The van der Waals surface area contributed by atoms with Crippen LogP contribution in [0.25, 0.3) is 0 Å². The zero-order valence-corrected chi connectivity index (χ0v) is 20.7. The van der Waals surface area contributed by atoms with Gasteiger partial charge in [-0.15, -0.1) is 0 Å². The fourth-order valence-electron chi connectivity index (χ4n) is 9.40. The quantitative estimate of drug-likeness (QED) is 0.454. The lowest BCUT2D eigenvalue weighted by Gasteiger charge is -2.61. The van der Waals surface area contributed by atoms with Crippen LogP contribution in [-0.4, -0.2) is 19.0 Å². The van der Waals surface area contributed by atoms with Gasteiger partial charge >= 0.3 is 0 Å². The minimum atomic E-state index is 0.156. The number of methoxy groups -OCH3 is 1. The van der Waals surface area contributed by atoms with Crippen molar-refractivity contribution >= 4 is 5.78 Å². The van der Waals surface area contributed by atoms with Gasteiger partial charge in [-0.3, -0.25) is 4.79 Å². The Balaban J connectivity index is 1.50. The van der Waals surface area contributed by atoms with Crippen LogP contribution in [0.15, 0.2) is 0 Å². The van der Waals surface area contributed by atoms with E-state index < -0.39 is 0 Å². The first-order valence-electron chi connectivity index (χ1n) is 13.3. The maximum absolute atomic E-state index is 13.0. The maximum atomic E-state index is 13.0. The standard InChI is InChI=1S/C28H48O2/c1-18(2)8-7-9-19(3)22-12-13-23-21-10-11-25-26(29)16-20(30-6)17-28(25,5)24(21)14-15-27(22,23)4/h18-25H,7-17H2,1-6H3/t19-,20+,21+,22-,23+,24+,25+,27-,28-/m1/s1. The molecule has 0 bridgehead atoms. The van der Waals surface area contributed by atoms with Crippen LogP contribution in [0.4, 0.5) is 0 Å². The first-order valence-corrected chi connectivity index (χ1v) is 13.3. The Bertz CT molecular complexity index is 626. The Hall–Kier alpha value is -0.370. The van der Waals surface area contributed by atoms with Gasteiger partial charge in [-0.25, -0.2) is 0 Å². The summed E-state index contributed by atoms with van der Waals surface area (Å²) in [6.07, 6.45) is 14.2. The highest BCUT2D eigenvalue weighted by atomic mass is 16.5. The molecule has 9 atom stereocenters. The molecule has 2 heteroatoms. The molecule has 0 aromatic carbocycles. The van der Waals surface area contributed by atoms with Gasteiger partial charge in [0.1, 0.15) is 5.78 Å². The Labute approximate surface area is 186 Å². The van der Waals surface area contributed by atoms with Crippen molar-refractivity contribution in [3.8, 4) is 0 Å². The van der Waals surface area contributed by atoms with Crippen molar-refractivity contribution in [2.75, 3.05) is 7.11 Å². The van der Waals surface area contributed by atoms with Crippen LogP contribution in [-0.2, 0) is 9.53 Å². The van der Waals surface area contributed by atoms with Crippen molar-refractivity contribution in [2.24, 2.45) is 52.3 Å². The van der Waals surface area contributed by atoms with E-state index in [4.69, 9.17) is 4.74 Å². The molecule has 0 radical (unpaired) electrons. The molecule has 4 rings (SSSR count). The van der Waals surface area contributed by atoms with Crippen molar-refractivity contribution in [1.29, 1.82) is 0 Å². The highest BCUT2D eigenvalue weighted by molar-refractivity contribution is 5.83. The highest BCUT2D eigenvalue weighted by Crippen LogP contribution is 2.68. The zero-order valence-electron chi connectivity index (χ0n) is 20.7. The average Bonchev–Trinajstić information content (AvgIpc) is 3.04. The lowest BCUT2D eigenvalue weighted by atomic mass is 9.44. The first kappa shape index (κ1) is 22.8. The number of hydrogen-bond acceptors (Lipinski definition) is 2. The highest BCUT2D eigenvalue weighted by Gasteiger charge is 2.62. The second kappa shape index (κ2) is 8.53. The third-order valence-electron chi connectivity index (χ3n) is 10.9. The van der Waals surface area contributed by atoms with Crippen LogP contribution in [0.5, 0.6) is 0 Å². The summed E-state index contributed by atoms with van der Waals surface area (Å²) in [5.74, 6) is 5.92. The number of ether oxygens (including phenoxy) is 1. The SMILES string of the molecule is CO[C@H]1CC(=O)[C@@H]2CC[C@@H]3[C@H](CC[C@]4(C)[C@@H]([C@H](C)CCCC(C)C)CC[C@@H]34)[C@@]2(C)C1. The fraction of sp³-hybridized carbons (Fsp3) is 0.964. The Kier molecular flexibility index (Phi) is 6.48. The van der Waals surface area contributed by atoms with Crippen molar-refractivity contribution in [3.63, 3.8) is 0 Å². The minimum absolute atomic E-state index is 0.156. The van der Waals surface area contributed by atoms with Crippen molar-refractivity contribution in [3.05, 3.63) is 0 Å². The van der Waals surface area contributed by atoms with Crippen LogP contribution >= 0.6 is 0 Å². The number of carbonyl (C=O) groups is 1. The molecule has 0 spiro atoms. The molecule has 30 heavy (non-hydrogen) atoms. The van der Waals surface area contributed by atoms with Gasteiger partial charge in [0.05, 0.1) is 6.10 Å².